The second-order valence-corrected chi connectivity index (χ2v) is 5.70. The van der Waals surface area contributed by atoms with Gasteiger partial charge in [-0.15, -0.1) is 11.3 Å². The highest BCUT2D eigenvalue weighted by Crippen LogP contribution is 2.38. The summed E-state index contributed by atoms with van der Waals surface area (Å²) in [6.07, 6.45) is -4.64. The lowest BCUT2D eigenvalue weighted by atomic mass is 10.1. The van der Waals surface area contributed by atoms with Crippen molar-refractivity contribution in [1.82, 2.24) is 0 Å². The van der Waals surface area contributed by atoms with E-state index in [4.69, 9.17) is 16.3 Å². The number of carbonyl (C=O) groups is 1. The van der Waals surface area contributed by atoms with Crippen molar-refractivity contribution in [2.75, 3.05) is 6.61 Å². The molecule has 23 heavy (non-hydrogen) atoms. The van der Waals surface area contributed by atoms with Gasteiger partial charge >= 0.3 is 12.1 Å². The smallest absolute Gasteiger partial charge is 0.418 e. The summed E-state index contributed by atoms with van der Waals surface area (Å²) in [5, 5.41) is 1.63. The van der Waals surface area contributed by atoms with Gasteiger partial charge in [-0.1, -0.05) is 17.7 Å². The second-order valence-electron chi connectivity index (χ2n) is 4.32. The third kappa shape index (κ3) is 4.33. The molecule has 2 rings (SSSR count). The molecule has 0 aliphatic carbocycles. The number of thiophene rings is 1. The quantitative estimate of drug-likeness (QED) is 0.561. The molecule has 0 saturated heterocycles. The van der Waals surface area contributed by atoms with Crippen molar-refractivity contribution >= 4 is 40.3 Å². The number of halogens is 4. The molecule has 0 bridgehead atoms. The van der Waals surface area contributed by atoms with Gasteiger partial charge in [0.2, 0.25) is 0 Å². The van der Waals surface area contributed by atoms with Crippen LogP contribution in [0.2, 0.25) is 5.02 Å². The number of rotatable bonds is 4. The number of ether oxygens (including phenoxy) is 1. The fourth-order valence-corrected chi connectivity index (χ4v) is 2.64. The molecule has 0 atom stereocenters. The first-order chi connectivity index (χ1) is 10.8. The van der Waals surface area contributed by atoms with Crippen LogP contribution < -0.4 is 0 Å². The van der Waals surface area contributed by atoms with Crippen molar-refractivity contribution in [3.8, 4) is 0 Å². The van der Waals surface area contributed by atoms with Gasteiger partial charge in [-0.05, 0) is 36.6 Å². The first-order valence-corrected chi connectivity index (χ1v) is 7.75. The van der Waals surface area contributed by atoms with Crippen molar-refractivity contribution in [2.24, 2.45) is 4.99 Å². The highest BCUT2D eigenvalue weighted by Gasteiger charge is 2.34. The average molecular weight is 362 g/mol. The maximum atomic E-state index is 13.1. The lowest BCUT2D eigenvalue weighted by Gasteiger charge is -2.11. The van der Waals surface area contributed by atoms with E-state index in [2.05, 4.69) is 4.99 Å². The van der Waals surface area contributed by atoms with E-state index in [0.717, 1.165) is 12.1 Å². The summed E-state index contributed by atoms with van der Waals surface area (Å²) in [4.78, 5) is 16.3. The summed E-state index contributed by atoms with van der Waals surface area (Å²) in [5.74, 6) is -0.780. The topological polar surface area (TPSA) is 38.7 Å². The van der Waals surface area contributed by atoms with Gasteiger partial charge in [-0.3, -0.25) is 0 Å². The van der Waals surface area contributed by atoms with Crippen molar-refractivity contribution in [3.63, 3.8) is 0 Å². The number of nitrogens with zero attached hydrogens (tertiary/aromatic N) is 1. The second kappa shape index (κ2) is 7.14. The van der Waals surface area contributed by atoms with Crippen LogP contribution in [0.5, 0.6) is 0 Å². The number of aliphatic imine (C=N–C) groups is 1. The van der Waals surface area contributed by atoms with Crippen LogP contribution in [0.15, 0.2) is 40.7 Å². The molecule has 8 heteroatoms. The molecule has 0 saturated carbocycles. The Labute approximate surface area is 139 Å². The number of esters is 1. The van der Waals surface area contributed by atoms with Crippen molar-refractivity contribution < 1.29 is 22.7 Å². The Morgan fingerprint density at radius 1 is 1.35 bits per heavy atom. The maximum absolute atomic E-state index is 13.1. The van der Waals surface area contributed by atoms with E-state index in [1.165, 1.54) is 17.4 Å². The Kier molecular flexibility index (Phi) is 5.43. The van der Waals surface area contributed by atoms with Crippen LogP contribution in [0.1, 0.15) is 17.4 Å². The van der Waals surface area contributed by atoms with Crippen LogP contribution in [-0.2, 0) is 15.7 Å². The first kappa shape index (κ1) is 17.5. The third-order valence-electron chi connectivity index (χ3n) is 2.72. The lowest BCUT2D eigenvalue weighted by Crippen LogP contribution is -2.18. The zero-order valence-electron chi connectivity index (χ0n) is 11.9. The Morgan fingerprint density at radius 3 is 2.65 bits per heavy atom. The molecule has 0 amide bonds. The van der Waals surface area contributed by atoms with Crippen LogP contribution in [0.4, 0.5) is 18.9 Å². The van der Waals surface area contributed by atoms with Gasteiger partial charge in [0.1, 0.15) is 0 Å². The minimum atomic E-state index is -4.64. The molecule has 0 N–H and O–H groups in total. The van der Waals surface area contributed by atoms with Gasteiger partial charge in [0.15, 0.2) is 5.71 Å². The molecule has 0 radical (unpaired) electrons. The van der Waals surface area contributed by atoms with E-state index in [0.29, 0.717) is 4.88 Å². The van der Waals surface area contributed by atoms with E-state index in [1.54, 1.807) is 24.4 Å². The van der Waals surface area contributed by atoms with Gasteiger partial charge in [-0.25, -0.2) is 9.79 Å². The predicted molar refractivity (Wildman–Crippen MR) is 83.6 cm³/mol. The Hall–Kier alpha value is -1.86. The third-order valence-corrected chi connectivity index (χ3v) is 3.83. The van der Waals surface area contributed by atoms with Crippen LogP contribution in [0.3, 0.4) is 0 Å². The highest BCUT2D eigenvalue weighted by atomic mass is 35.5. The molecule has 1 aromatic heterocycles. The fourth-order valence-electron chi connectivity index (χ4n) is 1.77. The Bertz CT molecular complexity index is 727. The molecular weight excluding hydrogens is 351 g/mol. The zero-order valence-corrected chi connectivity index (χ0v) is 13.4. The summed E-state index contributed by atoms with van der Waals surface area (Å²) in [6.45, 7) is 1.70. The molecule has 2 aromatic rings. The van der Waals surface area contributed by atoms with Gasteiger partial charge in [0.25, 0.3) is 0 Å². The summed E-state index contributed by atoms with van der Waals surface area (Å²) >= 11 is 6.82. The molecule has 0 fully saturated rings. The van der Waals surface area contributed by atoms with E-state index in [-0.39, 0.29) is 17.3 Å². The Morgan fingerprint density at radius 2 is 2.09 bits per heavy atom. The zero-order chi connectivity index (χ0) is 17.0. The number of hydrogen-bond acceptors (Lipinski definition) is 4. The van der Waals surface area contributed by atoms with Crippen molar-refractivity contribution in [3.05, 3.63) is 51.2 Å². The van der Waals surface area contributed by atoms with E-state index >= 15 is 0 Å². The number of carbonyl (C=O) groups excluding carboxylic acids is 1. The van der Waals surface area contributed by atoms with Crippen LogP contribution in [-0.4, -0.2) is 18.3 Å². The Balaban J connectivity index is 2.58. The SMILES string of the molecule is CCOC(=O)C(=Nc1ccc(Cl)cc1C(F)(F)F)c1cccs1. The van der Waals surface area contributed by atoms with Crippen molar-refractivity contribution in [2.45, 2.75) is 13.1 Å². The van der Waals surface area contributed by atoms with Crippen molar-refractivity contribution in [1.29, 1.82) is 0 Å². The molecule has 0 aliphatic rings. The summed E-state index contributed by atoms with van der Waals surface area (Å²) in [5.41, 5.74) is -1.57. The molecule has 0 aliphatic heterocycles. The normalized spacial score (nSPS) is 12.3. The molecular formula is C15H11ClF3NO2S. The molecule has 1 heterocycles. The number of hydrogen-bond donors (Lipinski definition) is 0. The fraction of sp³-hybridized carbons (Fsp3) is 0.200. The summed E-state index contributed by atoms with van der Waals surface area (Å²) < 4.78 is 44.3. The predicted octanol–water partition coefficient (Wildman–Crippen LogP) is 5.10. The van der Waals surface area contributed by atoms with E-state index in [1.807, 2.05) is 0 Å². The molecule has 1 aromatic carbocycles. The summed E-state index contributed by atoms with van der Waals surface area (Å²) in [6, 6.07) is 6.44. The van der Waals surface area contributed by atoms with E-state index < -0.39 is 23.4 Å². The number of benzene rings is 1. The minimum absolute atomic E-state index is 0.0647. The minimum Gasteiger partial charge on any atom is -0.461 e. The van der Waals surface area contributed by atoms with Gasteiger partial charge in [0.05, 0.1) is 22.7 Å². The average Bonchev–Trinajstić information content (AvgIpc) is 2.99. The lowest BCUT2D eigenvalue weighted by molar-refractivity contribution is -0.137. The largest absolute Gasteiger partial charge is 0.461 e. The molecule has 122 valence electrons. The highest BCUT2D eigenvalue weighted by molar-refractivity contribution is 7.13. The maximum Gasteiger partial charge on any atom is 0.418 e. The summed E-state index contributed by atoms with van der Waals surface area (Å²) in [7, 11) is 0. The monoisotopic (exact) mass is 361 g/mol. The van der Waals surface area contributed by atoms with Gasteiger partial charge in [-0.2, -0.15) is 13.2 Å². The standard InChI is InChI=1S/C15H11ClF3NO2S/c1-2-22-14(21)13(12-4-3-7-23-12)20-11-6-5-9(16)8-10(11)15(17,18)19/h3-8H,2H2,1H3. The van der Waals surface area contributed by atoms with Crippen LogP contribution in [0, 0.1) is 0 Å². The van der Waals surface area contributed by atoms with Crippen LogP contribution in [0.25, 0.3) is 0 Å². The molecule has 0 unspecified atom stereocenters. The van der Waals surface area contributed by atoms with E-state index in [9.17, 15) is 18.0 Å². The van der Waals surface area contributed by atoms with Gasteiger partial charge in [0, 0.05) is 5.02 Å². The van der Waals surface area contributed by atoms with Gasteiger partial charge < -0.3 is 4.74 Å². The molecule has 3 nitrogen and oxygen atoms in total. The first-order valence-electron chi connectivity index (χ1n) is 6.49. The number of alkyl halides is 3. The van der Waals surface area contributed by atoms with Crippen LogP contribution >= 0.6 is 22.9 Å². The molecule has 0 spiro atoms.